The van der Waals surface area contributed by atoms with Crippen molar-refractivity contribution in [2.24, 2.45) is 14.1 Å². The van der Waals surface area contributed by atoms with Gasteiger partial charge >= 0.3 is 0 Å². The third kappa shape index (κ3) is 2.31. The Labute approximate surface area is 144 Å². The smallest absolute Gasteiger partial charge is 0.176 e. The normalized spacial score (nSPS) is 16.9. The van der Waals surface area contributed by atoms with Gasteiger partial charge in [-0.15, -0.1) is 0 Å². The molecule has 0 saturated carbocycles. The molecule has 2 aromatic heterocycles. The molecule has 0 saturated heterocycles. The molecular formula is C17H16ClN5O. The zero-order chi connectivity index (χ0) is 16.8. The second kappa shape index (κ2) is 5.51. The zero-order valence-corrected chi connectivity index (χ0v) is 14.0. The third-order valence-electron chi connectivity index (χ3n) is 4.14. The Morgan fingerprint density at radius 1 is 1.17 bits per heavy atom. The summed E-state index contributed by atoms with van der Waals surface area (Å²) in [5.74, 6) is 0. The van der Waals surface area contributed by atoms with E-state index in [-0.39, 0.29) is 0 Å². The Morgan fingerprint density at radius 2 is 1.92 bits per heavy atom. The van der Waals surface area contributed by atoms with Crippen molar-refractivity contribution in [1.82, 2.24) is 19.3 Å². The fourth-order valence-corrected chi connectivity index (χ4v) is 3.09. The highest BCUT2D eigenvalue weighted by Crippen LogP contribution is 2.38. The van der Waals surface area contributed by atoms with E-state index in [1.54, 1.807) is 34.2 Å². The Bertz CT molecular complexity index is 925. The summed E-state index contributed by atoms with van der Waals surface area (Å²) in [4.78, 5) is 6.18. The number of aromatic nitrogens is 4. The van der Waals surface area contributed by atoms with E-state index in [9.17, 15) is 5.11 Å². The Kier molecular flexibility index (Phi) is 3.44. The van der Waals surface area contributed by atoms with Gasteiger partial charge in [0.1, 0.15) is 5.69 Å². The van der Waals surface area contributed by atoms with Gasteiger partial charge in [-0.25, -0.2) is 4.98 Å². The van der Waals surface area contributed by atoms with Gasteiger partial charge in [-0.3, -0.25) is 4.68 Å². The molecular weight excluding hydrogens is 326 g/mol. The monoisotopic (exact) mass is 341 g/mol. The minimum absolute atomic E-state index is 0.619. The number of aliphatic hydroxyl groups excluding tert-OH is 1. The van der Waals surface area contributed by atoms with Gasteiger partial charge in [0, 0.05) is 48.3 Å². The van der Waals surface area contributed by atoms with Gasteiger partial charge in [-0.2, -0.15) is 5.10 Å². The highest BCUT2D eigenvalue weighted by atomic mass is 35.5. The summed E-state index contributed by atoms with van der Waals surface area (Å²) in [5.41, 5.74) is 4.27. The number of fused-ring (bicyclic) bond motifs is 1. The van der Waals surface area contributed by atoms with Crippen LogP contribution in [0.3, 0.4) is 0 Å². The first-order valence-corrected chi connectivity index (χ1v) is 7.87. The van der Waals surface area contributed by atoms with Crippen LogP contribution in [0.15, 0.2) is 49.2 Å². The predicted molar refractivity (Wildman–Crippen MR) is 92.4 cm³/mol. The molecule has 122 valence electrons. The molecule has 4 rings (SSSR count). The second-order valence-corrected chi connectivity index (χ2v) is 6.23. The lowest BCUT2D eigenvalue weighted by Crippen LogP contribution is -2.28. The molecule has 1 aliphatic heterocycles. The fraction of sp³-hybridized carbons (Fsp3) is 0.176. The average molecular weight is 342 g/mol. The van der Waals surface area contributed by atoms with Crippen molar-refractivity contribution in [2.75, 3.05) is 4.90 Å². The molecule has 6 nitrogen and oxygen atoms in total. The van der Waals surface area contributed by atoms with Crippen molar-refractivity contribution in [3.8, 4) is 0 Å². The van der Waals surface area contributed by atoms with E-state index < -0.39 is 6.23 Å². The molecule has 0 radical (unpaired) electrons. The number of aliphatic hydroxyl groups is 1. The van der Waals surface area contributed by atoms with Gasteiger partial charge in [0.2, 0.25) is 0 Å². The molecule has 1 aliphatic rings. The van der Waals surface area contributed by atoms with Gasteiger partial charge in [-0.05, 0) is 24.3 Å². The molecule has 0 bridgehead atoms. The zero-order valence-electron chi connectivity index (χ0n) is 13.3. The van der Waals surface area contributed by atoms with Crippen LogP contribution in [0.1, 0.15) is 23.2 Å². The number of imidazole rings is 1. The Balaban J connectivity index is 1.89. The molecule has 0 fully saturated rings. The van der Waals surface area contributed by atoms with Gasteiger partial charge < -0.3 is 14.6 Å². The lowest BCUT2D eigenvalue weighted by molar-refractivity contribution is 0.177. The van der Waals surface area contributed by atoms with Crippen LogP contribution >= 0.6 is 11.6 Å². The van der Waals surface area contributed by atoms with Crippen LogP contribution in [0.4, 0.5) is 5.69 Å². The lowest BCUT2D eigenvalue weighted by atomic mass is 10.0. The molecule has 1 unspecified atom stereocenters. The number of aryl methyl sites for hydroxylation is 2. The van der Waals surface area contributed by atoms with Crippen LogP contribution in [-0.4, -0.2) is 24.4 Å². The minimum atomic E-state index is -0.859. The van der Waals surface area contributed by atoms with Crippen LogP contribution in [0.25, 0.3) is 5.57 Å². The molecule has 3 heterocycles. The Morgan fingerprint density at radius 3 is 2.58 bits per heavy atom. The van der Waals surface area contributed by atoms with Crippen LogP contribution in [0.2, 0.25) is 5.02 Å². The van der Waals surface area contributed by atoms with E-state index in [0.29, 0.717) is 10.7 Å². The summed E-state index contributed by atoms with van der Waals surface area (Å²) in [6.07, 6.45) is 6.53. The lowest BCUT2D eigenvalue weighted by Gasteiger charge is -2.31. The van der Waals surface area contributed by atoms with Crippen LogP contribution in [-0.2, 0) is 14.1 Å². The van der Waals surface area contributed by atoms with Crippen LogP contribution in [0, 0.1) is 0 Å². The summed E-state index contributed by atoms with van der Waals surface area (Å²) in [6.45, 7) is 0. The molecule has 24 heavy (non-hydrogen) atoms. The van der Waals surface area contributed by atoms with Crippen molar-refractivity contribution >= 4 is 22.9 Å². The number of halogens is 1. The van der Waals surface area contributed by atoms with Gasteiger partial charge in [-0.1, -0.05) is 11.6 Å². The predicted octanol–water partition coefficient (Wildman–Crippen LogP) is 2.71. The largest absolute Gasteiger partial charge is 0.368 e. The van der Waals surface area contributed by atoms with E-state index in [2.05, 4.69) is 10.1 Å². The summed E-state index contributed by atoms with van der Waals surface area (Å²) in [7, 11) is 3.80. The SMILES string of the molecule is Cn1cc(C2=CN(c3ccc(Cl)cc3)C(O)c3ncn(C)c32)cn1. The number of anilines is 1. The highest BCUT2D eigenvalue weighted by Gasteiger charge is 2.31. The van der Waals surface area contributed by atoms with Gasteiger partial charge in [0.15, 0.2) is 6.23 Å². The number of nitrogens with zero attached hydrogens (tertiary/aromatic N) is 5. The molecule has 0 aliphatic carbocycles. The van der Waals surface area contributed by atoms with Crippen molar-refractivity contribution in [3.05, 3.63) is 71.2 Å². The molecule has 0 spiro atoms. The van der Waals surface area contributed by atoms with Crippen molar-refractivity contribution in [1.29, 1.82) is 0 Å². The Hall–Kier alpha value is -2.57. The fourth-order valence-electron chi connectivity index (χ4n) is 2.97. The van der Waals surface area contributed by atoms with Crippen LogP contribution < -0.4 is 4.90 Å². The van der Waals surface area contributed by atoms with E-state index in [1.807, 2.05) is 43.2 Å². The third-order valence-corrected chi connectivity index (χ3v) is 4.39. The first-order valence-electron chi connectivity index (χ1n) is 7.49. The molecule has 0 amide bonds. The standard InChI is InChI=1S/C17H16ClN5O/c1-21-10-19-15-16(21)14(11-7-20-22(2)8-11)9-23(17(15)24)13-5-3-12(18)4-6-13/h3-10,17,24H,1-2H3. The van der Waals surface area contributed by atoms with Crippen molar-refractivity contribution in [2.45, 2.75) is 6.23 Å². The first-order chi connectivity index (χ1) is 11.5. The summed E-state index contributed by atoms with van der Waals surface area (Å²) in [6, 6.07) is 7.35. The molecule has 3 aromatic rings. The number of hydrogen-bond acceptors (Lipinski definition) is 4. The summed E-state index contributed by atoms with van der Waals surface area (Å²) < 4.78 is 3.67. The molecule has 1 N–H and O–H groups in total. The highest BCUT2D eigenvalue weighted by molar-refractivity contribution is 6.30. The summed E-state index contributed by atoms with van der Waals surface area (Å²) in [5, 5.41) is 15.7. The average Bonchev–Trinajstić information content (AvgIpc) is 3.16. The van der Waals surface area contributed by atoms with E-state index in [0.717, 1.165) is 22.5 Å². The first kappa shape index (κ1) is 15.0. The van der Waals surface area contributed by atoms with E-state index >= 15 is 0 Å². The summed E-state index contributed by atoms with van der Waals surface area (Å²) >= 11 is 5.98. The van der Waals surface area contributed by atoms with Crippen molar-refractivity contribution in [3.63, 3.8) is 0 Å². The number of hydrogen-bond donors (Lipinski definition) is 1. The van der Waals surface area contributed by atoms with E-state index in [1.165, 1.54) is 0 Å². The second-order valence-electron chi connectivity index (χ2n) is 5.79. The maximum atomic E-state index is 10.8. The topological polar surface area (TPSA) is 59.1 Å². The minimum Gasteiger partial charge on any atom is -0.368 e. The van der Waals surface area contributed by atoms with Crippen LogP contribution in [0.5, 0.6) is 0 Å². The van der Waals surface area contributed by atoms with E-state index in [4.69, 9.17) is 11.6 Å². The van der Waals surface area contributed by atoms with Gasteiger partial charge in [0.05, 0.1) is 18.2 Å². The number of benzene rings is 1. The molecule has 1 atom stereocenters. The molecule has 1 aromatic carbocycles. The maximum absolute atomic E-state index is 10.8. The van der Waals surface area contributed by atoms with Gasteiger partial charge in [0.25, 0.3) is 0 Å². The maximum Gasteiger partial charge on any atom is 0.176 e. The molecule has 7 heteroatoms. The number of rotatable bonds is 2. The van der Waals surface area contributed by atoms with Crippen molar-refractivity contribution < 1.29 is 5.11 Å². The quantitative estimate of drug-likeness (QED) is 0.778.